The lowest BCUT2D eigenvalue weighted by atomic mass is 10.3. The number of hydrogen-bond donors (Lipinski definition) is 0. The van der Waals surface area contributed by atoms with Crippen LogP contribution >= 0.6 is 0 Å². The predicted molar refractivity (Wildman–Crippen MR) is 102 cm³/mol. The van der Waals surface area contributed by atoms with Crippen LogP contribution in [0.25, 0.3) is 0 Å². The van der Waals surface area contributed by atoms with Gasteiger partial charge in [0.1, 0.15) is 11.5 Å². The third-order valence-corrected chi connectivity index (χ3v) is 7.36. The Balaban J connectivity index is 1.32. The smallest absolute Gasteiger partial charge is 0.178 e. The van der Waals surface area contributed by atoms with E-state index in [-0.39, 0.29) is 5.75 Å². The van der Waals surface area contributed by atoms with Gasteiger partial charge in [-0.1, -0.05) is 25.1 Å². The SMILES string of the molecule is CC1CC1c1ccc(CN(CCCS(=O)(=O)c2ccccc2)C2CC2)o1. The van der Waals surface area contributed by atoms with E-state index >= 15 is 0 Å². The largest absolute Gasteiger partial charge is 0.464 e. The molecule has 0 radical (unpaired) electrons. The van der Waals surface area contributed by atoms with Crippen molar-refractivity contribution in [3.05, 3.63) is 54.0 Å². The molecule has 0 amide bonds. The van der Waals surface area contributed by atoms with Crippen LogP contribution in [0.1, 0.15) is 50.0 Å². The summed E-state index contributed by atoms with van der Waals surface area (Å²) in [5.74, 6) is 3.68. The molecule has 26 heavy (non-hydrogen) atoms. The monoisotopic (exact) mass is 373 g/mol. The Bertz CT molecular complexity index is 839. The molecule has 2 saturated carbocycles. The van der Waals surface area contributed by atoms with Crippen LogP contribution in [0.3, 0.4) is 0 Å². The van der Waals surface area contributed by atoms with Gasteiger partial charge < -0.3 is 4.42 Å². The third-order valence-electron chi connectivity index (χ3n) is 5.54. The molecular weight excluding hydrogens is 346 g/mol. The Morgan fingerprint density at radius 2 is 1.85 bits per heavy atom. The standard InChI is InChI=1S/C21H27NO3S/c1-16-14-20(16)21-11-10-18(25-21)15-22(17-8-9-17)12-5-13-26(23,24)19-6-3-2-4-7-19/h2-4,6-7,10-11,16-17,20H,5,8-9,12-15H2,1H3. The van der Waals surface area contributed by atoms with Gasteiger partial charge in [0.15, 0.2) is 9.84 Å². The minimum Gasteiger partial charge on any atom is -0.464 e. The van der Waals surface area contributed by atoms with Gasteiger partial charge >= 0.3 is 0 Å². The number of hydrogen-bond acceptors (Lipinski definition) is 4. The van der Waals surface area contributed by atoms with Gasteiger partial charge in [0.25, 0.3) is 0 Å². The molecular formula is C21H27NO3S. The van der Waals surface area contributed by atoms with Crippen LogP contribution in [-0.2, 0) is 16.4 Å². The fourth-order valence-electron chi connectivity index (χ4n) is 3.63. The van der Waals surface area contributed by atoms with Gasteiger partial charge in [-0.15, -0.1) is 0 Å². The molecule has 1 aromatic carbocycles. The second-order valence-corrected chi connectivity index (χ2v) is 9.92. The van der Waals surface area contributed by atoms with E-state index in [4.69, 9.17) is 4.42 Å². The van der Waals surface area contributed by atoms with Crippen molar-refractivity contribution in [2.75, 3.05) is 12.3 Å². The minimum absolute atomic E-state index is 0.198. The van der Waals surface area contributed by atoms with Gasteiger partial charge in [-0.3, -0.25) is 4.90 Å². The molecule has 4 nitrogen and oxygen atoms in total. The van der Waals surface area contributed by atoms with Crippen molar-refractivity contribution in [2.45, 2.75) is 56.0 Å². The quantitative estimate of drug-likeness (QED) is 0.660. The Morgan fingerprint density at radius 3 is 2.50 bits per heavy atom. The van der Waals surface area contributed by atoms with Crippen LogP contribution in [0.2, 0.25) is 0 Å². The molecule has 0 saturated heterocycles. The summed E-state index contributed by atoms with van der Waals surface area (Å²) in [7, 11) is -3.19. The highest BCUT2D eigenvalue weighted by atomic mass is 32.2. The maximum absolute atomic E-state index is 12.4. The van der Waals surface area contributed by atoms with E-state index in [1.165, 1.54) is 19.3 Å². The average molecular weight is 374 g/mol. The lowest BCUT2D eigenvalue weighted by Crippen LogP contribution is -2.28. The molecule has 2 fully saturated rings. The van der Waals surface area contributed by atoms with Crippen molar-refractivity contribution in [1.82, 2.24) is 4.90 Å². The van der Waals surface area contributed by atoms with E-state index in [0.717, 1.165) is 30.5 Å². The molecule has 2 aromatic rings. The van der Waals surface area contributed by atoms with Crippen LogP contribution in [0, 0.1) is 5.92 Å². The van der Waals surface area contributed by atoms with Gasteiger partial charge in [0.05, 0.1) is 17.2 Å². The van der Waals surface area contributed by atoms with E-state index in [9.17, 15) is 8.42 Å². The molecule has 1 heterocycles. The molecule has 2 aliphatic carbocycles. The van der Waals surface area contributed by atoms with Crippen LogP contribution < -0.4 is 0 Å². The van der Waals surface area contributed by atoms with Crippen molar-refractivity contribution in [3.63, 3.8) is 0 Å². The number of furan rings is 1. The van der Waals surface area contributed by atoms with Gasteiger partial charge in [-0.05, 0) is 62.4 Å². The van der Waals surface area contributed by atoms with Crippen molar-refractivity contribution < 1.29 is 12.8 Å². The van der Waals surface area contributed by atoms with Crippen LogP contribution in [0.15, 0.2) is 51.8 Å². The summed E-state index contributed by atoms with van der Waals surface area (Å²) >= 11 is 0. The normalized spacial score (nSPS) is 22.7. The molecule has 2 atom stereocenters. The maximum Gasteiger partial charge on any atom is 0.178 e. The van der Waals surface area contributed by atoms with Gasteiger partial charge in [0, 0.05) is 12.0 Å². The fraction of sp³-hybridized carbons (Fsp3) is 0.524. The Hall–Kier alpha value is -1.59. The molecule has 4 rings (SSSR count). The highest BCUT2D eigenvalue weighted by Gasteiger charge is 2.37. The van der Waals surface area contributed by atoms with Crippen LogP contribution in [-0.4, -0.2) is 31.7 Å². The first-order valence-electron chi connectivity index (χ1n) is 9.63. The van der Waals surface area contributed by atoms with E-state index in [1.807, 2.05) is 6.07 Å². The third kappa shape index (κ3) is 4.21. The molecule has 2 aliphatic rings. The summed E-state index contributed by atoms with van der Waals surface area (Å²) in [5, 5.41) is 0. The van der Waals surface area contributed by atoms with E-state index < -0.39 is 9.84 Å². The summed E-state index contributed by atoms with van der Waals surface area (Å²) in [5.41, 5.74) is 0. The molecule has 0 bridgehead atoms. The molecule has 5 heteroatoms. The number of sulfone groups is 1. The van der Waals surface area contributed by atoms with E-state index in [2.05, 4.69) is 24.0 Å². The zero-order chi connectivity index (χ0) is 18.1. The van der Waals surface area contributed by atoms with E-state index in [0.29, 0.717) is 23.3 Å². The lowest BCUT2D eigenvalue weighted by molar-refractivity contribution is 0.232. The summed E-state index contributed by atoms with van der Waals surface area (Å²) in [6, 6.07) is 13.5. The molecule has 1 aromatic heterocycles. The number of benzene rings is 1. The highest BCUT2D eigenvalue weighted by molar-refractivity contribution is 7.91. The minimum atomic E-state index is -3.19. The summed E-state index contributed by atoms with van der Waals surface area (Å²) < 4.78 is 30.9. The zero-order valence-electron chi connectivity index (χ0n) is 15.3. The molecule has 2 unspecified atom stereocenters. The maximum atomic E-state index is 12.4. The van der Waals surface area contributed by atoms with E-state index in [1.54, 1.807) is 24.3 Å². The van der Waals surface area contributed by atoms with Crippen molar-refractivity contribution in [2.24, 2.45) is 5.92 Å². The summed E-state index contributed by atoms with van der Waals surface area (Å²) in [6.45, 7) is 3.85. The number of rotatable bonds is 9. The first kappa shape index (κ1) is 17.8. The second-order valence-electron chi connectivity index (χ2n) is 7.81. The first-order chi connectivity index (χ1) is 12.5. The average Bonchev–Trinajstić information content (AvgIpc) is 3.55. The van der Waals surface area contributed by atoms with Crippen molar-refractivity contribution >= 4 is 9.84 Å². The zero-order valence-corrected chi connectivity index (χ0v) is 16.1. The molecule has 0 spiro atoms. The van der Waals surface area contributed by atoms with Gasteiger partial charge in [0.2, 0.25) is 0 Å². The Morgan fingerprint density at radius 1 is 1.12 bits per heavy atom. The van der Waals surface area contributed by atoms with Crippen LogP contribution in [0.5, 0.6) is 0 Å². The second kappa shape index (κ2) is 7.20. The Labute approximate surface area is 156 Å². The molecule has 140 valence electrons. The predicted octanol–water partition coefficient (Wildman–Crippen LogP) is 4.23. The van der Waals surface area contributed by atoms with Gasteiger partial charge in [-0.2, -0.15) is 0 Å². The molecule has 0 aliphatic heterocycles. The fourth-order valence-corrected chi connectivity index (χ4v) is 4.95. The summed E-state index contributed by atoms with van der Waals surface area (Å²) in [4.78, 5) is 2.81. The first-order valence-corrected chi connectivity index (χ1v) is 11.3. The highest BCUT2D eigenvalue weighted by Crippen LogP contribution is 2.47. The number of nitrogens with zero attached hydrogens (tertiary/aromatic N) is 1. The summed E-state index contributed by atoms with van der Waals surface area (Å²) in [6.07, 6.45) is 4.30. The topological polar surface area (TPSA) is 50.5 Å². The van der Waals surface area contributed by atoms with Gasteiger partial charge in [-0.25, -0.2) is 8.42 Å². The van der Waals surface area contributed by atoms with Crippen molar-refractivity contribution in [3.8, 4) is 0 Å². The lowest BCUT2D eigenvalue weighted by Gasteiger charge is -2.20. The Kier molecular flexibility index (Phi) is 4.93. The van der Waals surface area contributed by atoms with Crippen molar-refractivity contribution in [1.29, 1.82) is 0 Å². The molecule has 0 N–H and O–H groups in total. The van der Waals surface area contributed by atoms with Crippen LogP contribution in [0.4, 0.5) is 0 Å².